The van der Waals surface area contributed by atoms with Crippen LogP contribution in [0.2, 0.25) is 5.02 Å². The minimum Gasteiger partial charge on any atom is -0.488 e. The van der Waals surface area contributed by atoms with Gasteiger partial charge in [0.05, 0.1) is 23.7 Å². The average Bonchev–Trinajstić information content (AvgIpc) is 3.62. The molecule has 0 unspecified atom stereocenters. The Kier molecular flexibility index (Phi) is 8.15. The van der Waals surface area contributed by atoms with Crippen LogP contribution in [0.4, 0.5) is 23.1 Å². The molecule has 2 heterocycles. The lowest BCUT2D eigenvalue weighted by atomic mass is 9.82. The van der Waals surface area contributed by atoms with Gasteiger partial charge in [0.15, 0.2) is 5.82 Å². The van der Waals surface area contributed by atoms with Gasteiger partial charge in [-0.15, -0.1) is 11.8 Å². The Morgan fingerprint density at radius 1 is 1.11 bits per heavy atom. The molecule has 2 saturated carbocycles. The summed E-state index contributed by atoms with van der Waals surface area (Å²) in [6, 6.07) is 4.45. The summed E-state index contributed by atoms with van der Waals surface area (Å²) in [5, 5.41) is 12.8. The predicted molar refractivity (Wildman–Crippen MR) is 153 cm³/mol. The van der Waals surface area contributed by atoms with Crippen LogP contribution in [0.3, 0.4) is 0 Å². The fourth-order valence-corrected chi connectivity index (χ4v) is 5.86. The first-order valence-corrected chi connectivity index (χ1v) is 14.8. The second-order valence-electron chi connectivity index (χ2n) is 10.7. The molecule has 0 spiro atoms. The zero-order chi connectivity index (χ0) is 25.9. The number of benzene rings is 1. The van der Waals surface area contributed by atoms with Crippen LogP contribution in [0.1, 0.15) is 75.8 Å². The van der Waals surface area contributed by atoms with Crippen LogP contribution in [0.5, 0.6) is 5.75 Å². The van der Waals surface area contributed by atoms with Gasteiger partial charge in [-0.2, -0.15) is 10.1 Å². The number of hydrogen-bond donors (Lipinski definition) is 2. The SMILES string of the molecule is Cc1cc(Nc2ncc(Cl)c(Nc3cn(C)nc3SCC(C)C)n2)c(OC2CC2)cc1C1CCCCC1. The molecule has 0 bridgehead atoms. The summed E-state index contributed by atoms with van der Waals surface area (Å²) >= 11 is 8.23. The molecule has 0 aliphatic heterocycles. The van der Waals surface area contributed by atoms with Crippen molar-refractivity contribution in [2.75, 3.05) is 16.4 Å². The van der Waals surface area contributed by atoms with Crippen molar-refractivity contribution in [3.63, 3.8) is 0 Å². The van der Waals surface area contributed by atoms with E-state index in [4.69, 9.17) is 21.3 Å². The van der Waals surface area contributed by atoms with Crippen molar-refractivity contribution in [1.29, 1.82) is 0 Å². The summed E-state index contributed by atoms with van der Waals surface area (Å²) in [5.41, 5.74) is 4.48. The number of aromatic nitrogens is 4. The van der Waals surface area contributed by atoms with Gasteiger partial charge in [0.2, 0.25) is 5.95 Å². The van der Waals surface area contributed by atoms with E-state index in [0.29, 0.717) is 34.7 Å². The average molecular weight is 541 g/mol. The van der Waals surface area contributed by atoms with Gasteiger partial charge in [0.25, 0.3) is 0 Å². The van der Waals surface area contributed by atoms with Crippen molar-refractivity contribution < 1.29 is 4.74 Å². The number of nitrogens with one attached hydrogen (secondary N) is 2. The van der Waals surface area contributed by atoms with Crippen molar-refractivity contribution >= 4 is 46.5 Å². The van der Waals surface area contributed by atoms with E-state index in [2.05, 4.69) is 53.6 Å². The number of anilines is 4. The molecule has 198 valence electrons. The summed E-state index contributed by atoms with van der Waals surface area (Å²) in [7, 11) is 1.92. The third-order valence-corrected chi connectivity index (χ3v) is 8.51. The fourth-order valence-electron chi connectivity index (χ4n) is 4.79. The van der Waals surface area contributed by atoms with Crippen molar-refractivity contribution in [2.24, 2.45) is 13.0 Å². The number of nitrogens with zero attached hydrogens (tertiary/aromatic N) is 4. The molecule has 2 aliphatic carbocycles. The van der Waals surface area contributed by atoms with Crippen LogP contribution in [0.15, 0.2) is 29.6 Å². The largest absolute Gasteiger partial charge is 0.488 e. The van der Waals surface area contributed by atoms with Crippen LogP contribution in [0, 0.1) is 12.8 Å². The molecule has 0 atom stereocenters. The molecular weight excluding hydrogens is 504 g/mol. The molecule has 5 rings (SSSR count). The maximum atomic E-state index is 6.50. The summed E-state index contributed by atoms with van der Waals surface area (Å²) in [4.78, 5) is 9.18. The Labute approximate surface area is 229 Å². The predicted octanol–water partition coefficient (Wildman–Crippen LogP) is 8.00. The van der Waals surface area contributed by atoms with Gasteiger partial charge in [-0.3, -0.25) is 4.68 Å². The lowest BCUT2D eigenvalue weighted by molar-refractivity contribution is 0.304. The second-order valence-corrected chi connectivity index (χ2v) is 12.1. The van der Waals surface area contributed by atoms with Gasteiger partial charge in [-0.25, -0.2) is 4.98 Å². The van der Waals surface area contributed by atoms with Crippen LogP contribution in [0.25, 0.3) is 0 Å². The zero-order valence-corrected chi connectivity index (χ0v) is 23.8. The highest BCUT2D eigenvalue weighted by Gasteiger charge is 2.27. The number of thioether (sulfide) groups is 1. The normalized spacial score (nSPS) is 16.3. The van der Waals surface area contributed by atoms with Gasteiger partial charge >= 0.3 is 0 Å². The molecule has 2 fully saturated rings. The molecule has 2 aliphatic rings. The van der Waals surface area contributed by atoms with E-state index in [1.165, 1.54) is 43.2 Å². The molecule has 0 saturated heterocycles. The molecule has 1 aromatic carbocycles. The van der Waals surface area contributed by atoms with E-state index >= 15 is 0 Å². The highest BCUT2D eigenvalue weighted by molar-refractivity contribution is 7.99. The van der Waals surface area contributed by atoms with Crippen LogP contribution >= 0.6 is 23.4 Å². The second kappa shape index (κ2) is 11.5. The standard InChI is InChI=1S/C28H37ClN6OS/c1-17(2)16-37-27-24(15-35(4)34-27)31-26-22(29)14-30-28(33-26)32-23-12-18(3)21(19-8-6-5-7-9-19)13-25(23)36-20-10-11-20/h12-15,17,19-20H,5-11,16H2,1-4H3,(H2,30,31,32,33). The molecular formula is C28H37ClN6OS. The van der Waals surface area contributed by atoms with Crippen molar-refractivity contribution in [3.05, 3.63) is 40.7 Å². The van der Waals surface area contributed by atoms with Gasteiger partial charge in [0.1, 0.15) is 15.8 Å². The first kappa shape index (κ1) is 26.2. The lowest BCUT2D eigenvalue weighted by Gasteiger charge is -2.25. The summed E-state index contributed by atoms with van der Waals surface area (Å²) in [6.07, 6.45) is 12.6. The molecule has 9 heteroatoms. The van der Waals surface area contributed by atoms with Crippen LogP contribution in [-0.4, -0.2) is 31.6 Å². The monoisotopic (exact) mass is 540 g/mol. The van der Waals surface area contributed by atoms with Crippen molar-refractivity contribution in [1.82, 2.24) is 19.7 Å². The minimum atomic E-state index is 0.304. The van der Waals surface area contributed by atoms with Crippen molar-refractivity contribution in [3.8, 4) is 5.75 Å². The van der Waals surface area contributed by atoms with Gasteiger partial charge < -0.3 is 15.4 Å². The topological polar surface area (TPSA) is 76.9 Å². The van der Waals surface area contributed by atoms with E-state index in [0.717, 1.165) is 40.7 Å². The van der Waals surface area contributed by atoms with Crippen molar-refractivity contribution in [2.45, 2.75) is 82.8 Å². The first-order valence-electron chi connectivity index (χ1n) is 13.4. The van der Waals surface area contributed by atoms with E-state index in [-0.39, 0.29) is 0 Å². The Bertz CT molecular complexity index is 1240. The Balaban J connectivity index is 1.39. The highest BCUT2D eigenvalue weighted by Crippen LogP contribution is 2.41. The van der Waals surface area contributed by atoms with E-state index in [1.54, 1.807) is 22.6 Å². The number of halogens is 1. The third-order valence-electron chi connectivity index (χ3n) is 6.82. The smallest absolute Gasteiger partial charge is 0.229 e. The zero-order valence-electron chi connectivity index (χ0n) is 22.2. The molecule has 0 radical (unpaired) electrons. The molecule has 2 aromatic heterocycles. The first-order chi connectivity index (χ1) is 17.9. The summed E-state index contributed by atoms with van der Waals surface area (Å²) in [5.74, 6) is 4.07. The summed E-state index contributed by atoms with van der Waals surface area (Å²) in [6.45, 7) is 6.60. The Morgan fingerprint density at radius 2 is 1.89 bits per heavy atom. The molecule has 2 N–H and O–H groups in total. The van der Waals surface area contributed by atoms with Gasteiger partial charge in [-0.1, -0.05) is 44.7 Å². The third kappa shape index (κ3) is 6.71. The van der Waals surface area contributed by atoms with Gasteiger partial charge in [-0.05, 0) is 67.7 Å². The molecule has 7 nitrogen and oxygen atoms in total. The number of aryl methyl sites for hydroxylation is 2. The maximum Gasteiger partial charge on any atom is 0.229 e. The van der Waals surface area contributed by atoms with E-state index < -0.39 is 0 Å². The quantitative estimate of drug-likeness (QED) is 0.252. The molecule has 3 aromatic rings. The number of rotatable bonds is 10. The lowest BCUT2D eigenvalue weighted by Crippen LogP contribution is -2.09. The van der Waals surface area contributed by atoms with Crippen LogP contribution < -0.4 is 15.4 Å². The number of hydrogen-bond acceptors (Lipinski definition) is 7. The Morgan fingerprint density at radius 3 is 2.62 bits per heavy atom. The molecule has 37 heavy (non-hydrogen) atoms. The number of ether oxygens (including phenoxy) is 1. The Hall–Kier alpha value is -2.45. The highest BCUT2D eigenvalue weighted by atomic mass is 35.5. The van der Waals surface area contributed by atoms with E-state index in [9.17, 15) is 0 Å². The minimum absolute atomic E-state index is 0.304. The fraction of sp³-hybridized carbons (Fsp3) is 0.536. The van der Waals surface area contributed by atoms with Gasteiger partial charge in [0, 0.05) is 19.0 Å². The maximum absolute atomic E-state index is 6.50. The molecule has 0 amide bonds. The van der Waals surface area contributed by atoms with E-state index in [1.807, 2.05) is 13.2 Å². The van der Waals surface area contributed by atoms with Crippen LogP contribution in [-0.2, 0) is 7.05 Å². The summed E-state index contributed by atoms with van der Waals surface area (Å²) < 4.78 is 8.16.